The lowest BCUT2D eigenvalue weighted by molar-refractivity contribution is -0.137. The molecule has 34 heavy (non-hydrogen) atoms. The predicted octanol–water partition coefficient (Wildman–Crippen LogP) is 6.06. The summed E-state index contributed by atoms with van der Waals surface area (Å²) in [4.78, 5) is 12.9. The Morgan fingerprint density at radius 2 is 1.74 bits per heavy atom. The molecule has 1 amide bonds. The van der Waals surface area contributed by atoms with Gasteiger partial charge in [0.25, 0.3) is 15.9 Å². The van der Waals surface area contributed by atoms with E-state index in [1.54, 1.807) is 43.3 Å². The third-order valence-corrected chi connectivity index (χ3v) is 7.87. The number of hydrogen-bond donors (Lipinski definition) is 1. The fraction of sp³-hybridized carbons (Fsp3) is 0.208. The third-order valence-electron chi connectivity index (χ3n) is 5.60. The van der Waals surface area contributed by atoms with Crippen molar-refractivity contribution in [1.29, 1.82) is 0 Å². The van der Waals surface area contributed by atoms with Crippen LogP contribution in [-0.2, 0) is 22.6 Å². The summed E-state index contributed by atoms with van der Waals surface area (Å²) in [6.45, 7) is 3.64. The van der Waals surface area contributed by atoms with Crippen LogP contribution < -0.4 is 9.62 Å². The molecular weight excluding hydrogens is 489 g/mol. The van der Waals surface area contributed by atoms with Crippen LogP contribution in [0.1, 0.15) is 34.0 Å². The Morgan fingerprint density at radius 1 is 1.06 bits per heavy atom. The molecule has 3 aromatic rings. The first kappa shape index (κ1) is 24.1. The molecule has 0 spiro atoms. The minimum absolute atomic E-state index is 0.0563. The molecule has 0 aromatic heterocycles. The number of nitrogens with zero attached hydrogens (tertiary/aromatic N) is 1. The SMILES string of the molecule is Cc1ccc(S(=O)(=O)N2c3ccc(C(=O)Nc4ccc(Cl)c(C(F)(F)F)c4)cc3C[C@H]2C)cc1. The van der Waals surface area contributed by atoms with Crippen LogP contribution in [-0.4, -0.2) is 20.4 Å². The molecule has 0 saturated carbocycles. The first-order chi connectivity index (χ1) is 15.9. The molecule has 3 aromatic carbocycles. The van der Waals surface area contributed by atoms with Gasteiger partial charge in [0.05, 0.1) is 21.2 Å². The summed E-state index contributed by atoms with van der Waals surface area (Å²) in [6.07, 6.45) is -4.27. The Labute approximate surface area is 200 Å². The van der Waals surface area contributed by atoms with E-state index >= 15 is 0 Å². The van der Waals surface area contributed by atoms with Crippen molar-refractivity contribution in [2.24, 2.45) is 0 Å². The van der Waals surface area contributed by atoms with Crippen molar-refractivity contribution < 1.29 is 26.4 Å². The van der Waals surface area contributed by atoms with Gasteiger partial charge in [0, 0.05) is 17.3 Å². The topological polar surface area (TPSA) is 66.5 Å². The van der Waals surface area contributed by atoms with Gasteiger partial charge in [-0.3, -0.25) is 9.10 Å². The summed E-state index contributed by atoms with van der Waals surface area (Å²) in [5.41, 5.74) is 1.15. The zero-order valence-corrected chi connectivity index (χ0v) is 19.7. The summed E-state index contributed by atoms with van der Waals surface area (Å²) in [7, 11) is -3.81. The van der Waals surface area contributed by atoms with Crippen LogP contribution in [0.4, 0.5) is 24.5 Å². The number of nitrogens with one attached hydrogen (secondary N) is 1. The monoisotopic (exact) mass is 508 g/mol. The van der Waals surface area contributed by atoms with Crippen LogP contribution in [0.5, 0.6) is 0 Å². The number of aryl methyl sites for hydroxylation is 1. The molecule has 1 aliphatic heterocycles. The molecule has 1 atom stereocenters. The van der Waals surface area contributed by atoms with Crippen molar-refractivity contribution in [1.82, 2.24) is 0 Å². The van der Waals surface area contributed by atoms with E-state index in [1.165, 1.54) is 16.4 Å². The number of sulfonamides is 1. The summed E-state index contributed by atoms with van der Waals surface area (Å²) >= 11 is 5.63. The fourth-order valence-electron chi connectivity index (χ4n) is 3.96. The van der Waals surface area contributed by atoms with E-state index in [-0.39, 0.29) is 22.2 Å². The molecule has 0 aliphatic carbocycles. The molecule has 5 nitrogen and oxygen atoms in total. The first-order valence-electron chi connectivity index (χ1n) is 10.3. The minimum Gasteiger partial charge on any atom is -0.322 e. The zero-order chi connectivity index (χ0) is 24.8. The molecule has 0 saturated heterocycles. The highest BCUT2D eigenvalue weighted by atomic mass is 35.5. The average Bonchev–Trinajstić information content (AvgIpc) is 3.10. The van der Waals surface area contributed by atoms with Crippen LogP contribution >= 0.6 is 11.6 Å². The number of hydrogen-bond acceptors (Lipinski definition) is 3. The number of amides is 1. The van der Waals surface area contributed by atoms with E-state index in [4.69, 9.17) is 11.6 Å². The van der Waals surface area contributed by atoms with Crippen LogP contribution in [0.25, 0.3) is 0 Å². The van der Waals surface area contributed by atoms with Crippen LogP contribution in [0.2, 0.25) is 5.02 Å². The molecule has 1 aliphatic rings. The maximum Gasteiger partial charge on any atom is 0.417 e. The molecule has 0 unspecified atom stereocenters. The van der Waals surface area contributed by atoms with Crippen molar-refractivity contribution >= 4 is 38.9 Å². The second-order valence-electron chi connectivity index (χ2n) is 8.16. The lowest BCUT2D eigenvalue weighted by Gasteiger charge is -2.24. The van der Waals surface area contributed by atoms with E-state index in [2.05, 4.69) is 5.32 Å². The van der Waals surface area contributed by atoms with Gasteiger partial charge < -0.3 is 5.32 Å². The largest absolute Gasteiger partial charge is 0.417 e. The second kappa shape index (κ2) is 8.63. The highest BCUT2D eigenvalue weighted by Gasteiger charge is 2.37. The van der Waals surface area contributed by atoms with Gasteiger partial charge in [0.1, 0.15) is 0 Å². The number of halogens is 4. The van der Waals surface area contributed by atoms with Crippen LogP contribution in [0.3, 0.4) is 0 Å². The van der Waals surface area contributed by atoms with E-state index in [9.17, 15) is 26.4 Å². The number of fused-ring (bicyclic) bond motifs is 1. The summed E-state index contributed by atoms with van der Waals surface area (Å²) in [6, 6.07) is 13.9. The molecule has 178 valence electrons. The molecule has 0 bridgehead atoms. The van der Waals surface area contributed by atoms with Crippen LogP contribution in [0, 0.1) is 6.92 Å². The lowest BCUT2D eigenvalue weighted by Crippen LogP contribution is -2.35. The molecular formula is C24H20ClF3N2O3S. The van der Waals surface area contributed by atoms with Gasteiger partial charge in [0.15, 0.2) is 0 Å². The number of carbonyl (C=O) groups is 1. The van der Waals surface area contributed by atoms with E-state index in [0.29, 0.717) is 17.7 Å². The Hall–Kier alpha value is -3.04. The van der Waals surface area contributed by atoms with Gasteiger partial charge in [-0.05, 0) is 74.4 Å². The van der Waals surface area contributed by atoms with Crippen molar-refractivity contribution in [3.8, 4) is 0 Å². The minimum atomic E-state index is -4.66. The maximum absolute atomic E-state index is 13.3. The van der Waals surface area contributed by atoms with Crippen molar-refractivity contribution in [3.05, 3.63) is 87.9 Å². The standard InChI is InChI=1S/C24H20ClF3N2O3S/c1-14-3-7-19(8-4-14)34(32,33)30-15(2)11-17-12-16(5-10-22(17)30)23(31)29-18-6-9-21(25)20(13-18)24(26,27)28/h3-10,12-13,15H,11H2,1-2H3,(H,29,31)/t15-/m1/s1. The van der Waals surface area contributed by atoms with E-state index in [1.807, 2.05) is 6.92 Å². The average molecular weight is 509 g/mol. The fourth-order valence-corrected chi connectivity index (χ4v) is 5.87. The van der Waals surface area contributed by atoms with E-state index in [0.717, 1.165) is 17.7 Å². The quantitative estimate of drug-likeness (QED) is 0.466. The van der Waals surface area contributed by atoms with E-state index < -0.39 is 32.7 Å². The first-order valence-corrected chi connectivity index (χ1v) is 12.1. The Morgan fingerprint density at radius 3 is 2.38 bits per heavy atom. The van der Waals surface area contributed by atoms with Gasteiger partial charge in [-0.2, -0.15) is 13.2 Å². The smallest absolute Gasteiger partial charge is 0.322 e. The van der Waals surface area contributed by atoms with Crippen molar-refractivity contribution in [2.45, 2.75) is 37.4 Å². The van der Waals surface area contributed by atoms with Gasteiger partial charge in [-0.15, -0.1) is 0 Å². The Balaban J connectivity index is 1.61. The highest BCUT2D eigenvalue weighted by molar-refractivity contribution is 7.92. The van der Waals surface area contributed by atoms with Crippen molar-refractivity contribution in [3.63, 3.8) is 0 Å². The lowest BCUT2D eigenvalue weighted by atomic mass is 10.1. The molecule has 1 heterocycles. The molecule has 1 N–H and O–H groups in total. The van der Waals surface area contributed by atoms with Crippen molar-refractivity contribution in [2.75, 3.05) is 9.62 Å². The summed E-state index contributed by atoms with van der Waals surface area (Å²) < 4.78 is 67.2. The van der Waals surface area contributed by atoms with Gasteiger partial charge in [-0.1, -0.05) is 29.3 Å². The number of benzene rings is 3. The third kappa shape index (κ3) is 4.50. The van der Waals surface area contributed by atoms with Gasteiger partial charge >= 0.3 is 6.18 Å². The predicted molar refractivity (Wildman–Crippen MR) is 125 cm³/mol. The Bertz CT molecular complexity index is 1370. The number of alkyl halides is 3. The second-order valence-corrected chi connectivity index (χ2v) is 10.4. The number of anilines is 2. The normalized spacial score (nSPS) is 15.8. The zero-order valence-electron chi connectivity index (χ0n) is 18.2. The molecule has 0 radical (unpaired) electrons. The Kier molecular flexibility index (Phi) is 6.12. The molecule has 4 rings (SSSR count). The molecule has 0 fully saturated rings. The number of carbonyl (C=O) groups excluding carboxylic acids is 1. The highest BCUT2D eigenvalue weighted by Crippen LogP contribution is 2.38. The van der Waals surface area contributed by atoms with Crippen LogP contribution in [0.15, 0.2) is 65.6 Å². The number of rotatable bonds is 4. The summed E-state index contributed by atoms with van der Waals surface area (Å²) in [5.74, 6) is -0.620. The van der Waals surface area contributed by atoms with Gasteiger partial charge in [0.2, 0.25) is 0 Å². The van der Waals surface area contributed by atoms with Gasteiger partial charge in [-0.25, -0.2) is 8.42 Å². The molecule has 10 heteroatoms. The maximum atomic E-state index is 13.3. The summed E-state index contributed by atoms with van der Waals surface area (Å²) in [5, 5.41) is 1.98.